The van der Waals surface area contributed by atoms with E-state index in [-0.39, 0.29) is 11.8 Å². The number of ether oxygens (including phenoxy) is 1. The molecule has 1 N–H and O–H groups in total. The number of aryl methyl sites for hydroxylation is 1. The van der Waals surface area contributed by atoms with Crippen LogP contribution in [-0.4, -0.2) is 68.8 Å². The van der Waals surface area contributed by atoms with Crippen LogP contribution in [0.15, 0.2) is 24.3 Å². The maximum absolute atomic E-state index is 12.8. The Hall–Kier alpha value is -1.66. The van der Waals surface area contributed by atoms with Gasteiger partial charge in [-0.25, -0.2) is 9.18 Å². The van der Waals surface area contributed by atoms with Gasteiger partial charge in [0, 0.05) is 39.8 Å². The fraction of sp³-hybridized carbons (Fsp3) is 0.588. The smallest absolute Gasteiger partial charge is 0.317 e. The molecule has 1 aromatic rings. The highest BCUT2D eigenvalue weighted by molar-refractivity contribution is 5.74. The molecule has 1 fully saturated rings. The molecular formula is C17H26FN3O2. The molecule has 0 atom stereocenters. The summed E-state index contributed by atoms with van der Waals surface area (Å²) in [7, 11) is 1.62. The quantitative estimate of drug-likeness (QED) is 0.777. The Bertz CT molecular complexity index is 473. The van der Waals surface area contributed by atoms with Gasteiger partial charge in [0.2, 0.25) is 0 Å². The molecule has 2 rings (SSSR count). The number of nitrogens with zero attached hydrogens (tertiary/aromatic N) is 2. The van der Waals surface area contributed by atoms with Crippen molar-refractivity contribution in [2.75, 3.05) is 53.0 Å². The number of nitrogens with one attached hydrogen (secondary N) is 1. The van der Waals surface area contributed by atoms with Crippen LogP contribution in [-0.2, 0) is 11.2 Å². The van der Waals surface area contributed by atoms with Gasteiger partial charge in [0.25, 0.3) is 0 Å². The maximum atomic E-state index is 12.8. The van der Waals surface area contributed by atoms with Crippen LogP contribution in [0.4, 0.5) is 9.18 Å². The number of benzene rings is 1. The zero-order valence-corrected chi connectivity index (χ0v) is 13.8. The first-order valence-corrected chi connectivity index (χ1v) is 8.17. The molecule has 2 amide bonds. The van der Waals surface area contributed by atoms with E-state index in [2.05, 4.69) is 10.2 Å². The van der Waals surface area contributed by atoms with Crippen molar-refractivity contribution in [3.05, 3.63) is 35.6 Å². The van der Waals surface area contributed by atoms with E-state index in [4.69, 9.17) is 4.74 Å². The lowest BCUT2D eigenvalue weighted by Crippen LogP contribution is -2.52. The summed E-state index contributed by atoms with van der Waals surface area (Å²) in [5, 5.41) is 2.85. The average molecular weight is 323 g/mol. The number of amides is 2. The molecular weight excluding hydrogens is 297 g/mol. The lowest BCUT2D eigenvalue weighted by molar-refractivity contribution is 0.135. The molecule has 1 aromatic carbocycles. The number of rotatable bonds is 7. The normalized spacial score (nSPS) is 15.7. The zero-order chi connectivity index (χ0) is 16.5. The number of hydrogen-bond acceptors (Lipinski definition) is 3. The highest BCUT2D eigenvalue weighted by Crippen LogP contribution is 2.08. The number of carbonyl (C=O) groups excluding carboxylic acids is 1. The van der Waals surface area contributed by atoms with Gasteiger partial charge < -0.3 is 15.0 Å². The molecule has 6 heteroatoms. The van der Waals surface area contributed by atoms with E-state index < -0.39 is 0 Å². The molecule has 1 heterocycles. The van der Waals surface area contributed by atoms with Gasteiger partial charge >= 0.3 is 6.03 Å². The summed E-state index contributed by atoms with van der Waals surface area (Å²) in [5.74, 6) is -0.186. The predicted molar refractivity (Wildman–Crippen MR) is 88.0 cm³/mol. The number of hydrogen-bond donors (Lipinski definition) is 1. The minimum Gasteiger partial charge on any atom is -0.383 e. The van der Waals surface area contributed by atoms with Crippen molar-refractivity contribution in [1.82, 2.24) is 15.1 Å². The van der Waals surface area contributed by atoms with E-state index in [1.54, 1.807) is 7.11 Å². The molecule has 1 aliphatic heterocycles. The summed E-state index contributed by atoms with van der Waals surface area (Å²) in [5.41, 5.74) is 1.17. The second kappa shape index (κ2) is 9.47. The molecule has 0 radical (unpaired) electrons. The average Bonchev–Trinajstić information content (AvgIpc) is 2.57. The highest BCUT2D eigenvalue weighted by atomic mass is 19.1. The third-order valence-corrected chi connectivity index (χ3v) is 4.09. The van der Waals surface area contributed by atoms with Crippen LogP contribution in [0.25, 0.3) is 0 Å². The van der Waals surface area contributed by atoms with Crippen LogP contribution >= 0.6 is 0 Å². The minimum atomic E-state index is -0.186. The van der Waals surface area contributed by atoms with E-state index in [1.807, 2.05) is 17.0 Å². The third kappa shape index (κ3) is 6.15. The van der Waals surface area contributed by atoms with Crippen LogP contribution in [0.2, 0.25) is 0 Å². The monoisotopic (exact) mass is 323 g/mol. The van der Waals surface area contributed by atoms with Gasteiger partial charge in [-0.1, -0.05) is 12.1 Å². The second-order valence-corrected chi connectivity index (χ2v) is 5.78. The Balaban J connectivity index is 1.61. The second-order valence-electron chi connectivity index (χ2n) is 5.78. The number of halogens is 1. The molecule has 0 unspecified atom stereocenters. The first-order valence-electron chi connectivity index (χ1n) is 8.17. The van der Waals surface area contributed by atoms with Crippen molar-refractivity contribution in [3.63, 3.8) is 0 Å². The Morgan fingerprint density at radius 3 is 2.57 bits per heavy atom. The van der Waals surface area contributed by atoms with Gasteiger partial charge in [-0.15, -0.1) is 0 Å². The molecule has 0 spiro atoms. The van der Waals surface area contributed by atoms with Gasteiger partial charge in [-0.3, -0.25) is 4.90 Å². The van der Waals surface area contributed by atoms with E-state index in [0.29, 0.717) is 13.2 Å². The predicted octanol–water partition coefficient (Wildman–Crippen LogP) is 1.73. The molecule has 23 heavy (non-hydrogen) atoms. The molecule has 0 aromatic heterocycles. The topological polar surface area (TPSA) is 44.8 Å². The van der Waals surface area contributed by atoms with Crippen molar-refractivity contribution in [2.45, 2.75) is 12.8 Å². The van der Waals surface area contributed by atoms with Crippen molar-refractivity contribution in [3.8, 4) is 0 Å². The molecule has 1 saturated heterocycles. The summed E-state index contributed by atoms with van der Waals surface area (Å²) in [6.45, 7) is 5.42. The summed E-state index contributed by atoms with van der Waals surface area (Å²) in [4.78, 5) is 16.1. The Morgan fingerprint density at radius 2 is 1.91 bits per heavy atom. The highest BCUT2D eigenvalue weighted by Gasteiger charge is 2.20. The third-order valence-electron chi connectivity index (χ3n) is 4.09. The van der Waals surface area contributed by atoms with Crippen LogP contribution in [0.3, 0.4) is 0 Å². The Morgan fingerprint density at radius 1 is 1.22 bits per heavy atom. The standard InChI is InChI=1S/C17H26FN3O2/c1-23-14-8-19-17(22)21-12-10-20(11-13-21)9-2-3-15-4-6-16(18)7-5-15/h4-7H,2-3,8-14H2,1H3,(H,19,22). The van der Waals surface area contributed by atoms with Crippen LogP contribution in [0, 0.1) is 5.82 Å². The summed E-state index contributed by atoms with van der Waals surface area (Å²) in [6.07, 6.45) is 2.00. The molecule has 0 bridgehead atoms. The van der Waals surface area contributed by atoms with Crippen molar-refractivity contribution in [2.24, 2.45) is 0 Å². The van der Waals surface area contributed by atoms with Crippen molar-refractivity contribution >= 4 is 6.03 Å². The van der Waals surface area contributed by atoms with E-state index in [1.165, 1.54) is 17.7 Å². The number of carbonyl (C=O) groups is 1. The van der Waals surface area contributed by atoms with Gasteiger partial charge in [0.1, 0.15) is 5.82 Å². The SMILES string of the molecule is COCCNC(=O)N1CCN(CCCc2ccc(F)cc2)CC1. The zero-order valence-electron chi connectivity index (χ0n) is 13.8. The summed E-state index contributed by atoms with van der Waals surface area (Å²) < 4.78 is 17.8. The summed E-state index contributed by atoms with van der Waals surface area (Å²) in [6, 6.07) is 6.70. The summed E-state index contributed by atoms with van der Waals surface area (Å²) >= 11 is 0. The number of piperazine rings is 1. The van der Waals surface area contributed by atoms with Gasteiger partial charge in [-0.05, 0) is 37.1 Å². The molecule has 0 saturated carbocycles. The number of methoxy groups -OCH3 is 1. The molecule has 0 aliphatic carbocycles. The fourth-order valence-electron chi connectivity index (χ4n) is 2.70. The maximum Gasteiger partial charge on any atom is 0.317 e. The van der Waals surface area contributed by atoms with Crippen LogP contribution < -0.4 is 5.32 Å². The van der Waals surface area contributed by atoms with Gasteiger partial charge in [0.05, 0.1) is 6.61 Å². The van der Waals surface area contributed by atoms with E-state index >= 15 is 0 Å². The molecule has 128 valence electrons. The van der Waals surface area contributed by atoms with Crippen LogP contribution in [0.5, 0.6) is 0 Å². The number of urea groups is 1. The van der Waals surface area contributed by atoms with E-state index in [9.17, 15) is 9.18 Å². The Kier molecular flexibility index (Phi) is 7.29. The van der Waals surface area contributed by atoms with E-state index in [0.717, 1.165) is 45.6 Å². The molecule has 5 nitrogen and oxygen atoms in total. The van der Waals surface area contributed by atoms with Gasteiger partial charge in [0.15, 0.2) is 0 Å². The van der Waals surface area contributed by atoms with Crippen molar-refractivity contribution < 1.29 is 13.9 Å². The fourth-order valence-corrected chi connectivity index (χ4v) is 2.70. The van der Waals surface area contributed by atoms with Crippen molar-refractivity contribution in [1.29, 1.82) is 0 Å². The largest absolute Gasteiger partial charge is 0.383 e. The molecule has 1 aliphatic rings. The first kappa shape index (κ1) is 17.7. The Labute approximate surface area is 137 Å². The first-order chi connectivity index (χ1) is 11.2. The van der Waals surface area contributed by atoms with Gasteiger partial charge in [-0.2, -0.15) is 0 Å². The minimum absolute atomic E-state index is 0.00647. The lowest BCUT2D eigenvalue weighted by atomic mass is 10.1. The lowest BCUT2D eigenvalue weighted by Gasteiger charge is -2.34. The van der Waals surface area contributed by atoms with Crippen LogP contribution in [0.1, 0.15) is 12.0 Å².